The van der Waals surface area contributed by atoms with Crippen molar-refractivity contribution in [2.24, 2.45) is 0 Å². The van der Waals surface area contributed by atoms with E-state index >= 15 is 0 Å². The van der Waals surface area contributed by atoms with E-state index in [1.165, 1.54) is 11.3 Å². The number of nitro groups is 1. The Morgan fingerprint density at radius 1 is 1.38 bits per heavy atom. The van der Waals surface area contributed by atoms with Crippen molar-refractivity contribution in [3.8, 4) is 0 Å². The molecule has 0 saturated carbocycles. The van der Waals surface area contributed by atoms with Crippen molar-refractivity contribution in [3.05, 3.63) is 54.9 Å². The van der Waals surface area contributed by atoms with E-state index in [4.69, 9.17) is 0 Å². The molecule has 6 nitrogen and oxygen atoms in total. The van der Waals surface area contributed by atoms with Crippen LogP contribution in [-0.4, -0.2) is 13.3 Å². The highest BCUT2D eigenvalue weighted by Gasteiger charge is 2.21. The van der Waals surface area contributed by atoms with Gasteiger partial charge in [0.2, 0.25) is 15.8 Å². The summed E-state index contributed by atoms with van der Waals surface area (Å²) in [6.45, 7) is 0.0335. The van der Waals surface area contributed by atoms with Gasteiger partial charge < -0.3 is 0 Å². The molecule has 0 bridgehead atoms. The van der Waals surface area contributed by atoms with Crippen molar-refractivity contribution >= 4 is 43.0 Å². The Bertz CT molecular complexity index is 791. The van der Waals surface area contributed by atoms with E-state index in [1.54, 1.807) is 11.4 Å². The van der Waals surface area contributed by atoms with Gasteiger partial charge in [0.1, 0.15) is 0 Å². The van der Waals surface area contributed by atoms with Gasteiger partial charge in [-0.25, -0.2) is 13.1 Å². The molecule has 112 valence electrons. The molecule has 0 aliphatic rings. The Hall–Kier alpha value is -1.36. The summed E-state index contributed by atoms with van der Waals surface area (Å²) in [5.41, 5.74) is -0.879. The largest absolute Gasteiger partial charge is 0.306 e. The molecule has 1 aromatic carbocycles. The summed E-state index contributed by atoms with van der Waals surface area (Å²) in [6.07, 6.45) is 0. The van der Waals surface area contributed by atoms with E-state index < -0.39 is 26.5 Å². The molecule has 21 heavy (non-hydrogen) atoms. The second kappa shape index (κ2) is 6.18. The summed E-state index contributed by atoms with van der Waals surface area (Å²) in [5, 5.41) is 12.4. The van der Waals surface area contributed by atoms with Gasteiger partial charge in [-0.05, 0) is 39.5 Å². The van der Waals surface area contributed by atoms with Crippen LogP contribution in [0.25, 0.3) is 0 Å². The molecule has 0 aliphatic heterocycles. The lowest BCUT2D eigenvalue weighted by Crippen LogP contribution is -2.23. The number of nitrogens with one attached hydrogen (secondary N) is 1. The summed E-state index contributed by atoms with van der Waals surface area (Å²) < 4.78 is 40.4. The lowest BCUT2D eigenvalue weighted by atomic mass is 10.3. The maximum Gasteiger partial charge on any atom is 0.306 e. The molecule has 0 amide bonds. The van der Waals surface area contributed by atoms with Crippen LogP contribution in [0.2, 0.25) is 0 Å². The van der Waals surface area contributed by atoms with Crippen molar-refractivity contribution < 1.29 is 17.7 Å². The Kier molecular flexibility index (Phi) is 4.71. The highest BCUT2D eigenvalue weighted by atomic mass is 79.9. The highest BCUT2D eigenvalue weighted by molar-refractivity contribution is 9.10. The zero-order valence-corrected chi connectivity index (χ0v) is 13.5. The fourth-order valence-electron chi connectivity index (χ4n) is 1.49. The van der Waals surface area contributed by atoms with E-state index in [0.717, 1.165) is 21.5 Å². The maximum absolute atomic E-state index is 13.2. The Morgan fingerprint density at radius 3 is 2.67 bits per heavy atom. The molecule has 0 aliphatic carbocycles. The fraction of sp³-hybridized carbons (Fsp3) is 0.0909. The maximum atomic E-state index is 13.2. The molecule has 0 spiro atoms. The number of hydrogen-bond acceptors (Lipinski definition) is 5. The minimum atomic E-state index is -3.96. The van der Waals surface area contributed by atoms with Gasteiger partial charge in [-0.1, -0.05) is 0 Å². The second-order valence-electron chi connectivity index (χ2n) is 3.89. The molecule has 0 saturated heterocycles. The SMILES string of the molecule is O=[N+]([O-])c1cc(S(=O)(=O)NCc2sccc2Br)ccc1F. The van der Waals surface area contributed by atoms with E-state index in [2.05, 4.69) is 20.7 Å². The van der Waals surface area contributed by atoms with Gasteiger partial charge in [0.25, 0.3) is 0 Å². The molecule has 1 N–H and O–H groups in total. The van der Waals surface area contributed by atoms with E-state index in [0.29, 0.717) is 6.07 Å². The number of rotatable bonds is 5. The fourth-order valence-corrected chi connectivity index (χ4v) is 4.03. The summed E-state index contributed by atoms with van der Waals surface area (Å²) in [5.74, 6) is -1.08. The van der Waals surface area contributed by atoms with Crippen LogP contribution in [0.3, 0.4) is 0 Å². The first-order chi connectivity index (χ1) is 9.81. The van der Waals surface area contributed by atoms with Crippen LogP contribution in [0.1, 0.15) is 4.88 Å². The Morgan fingerprint density at radius 2 is 2.10 bits per heavy atom. The number of benzene rings is 1. The van der Waals surface area contributed by atoms with Gasteiger partial charge in [-0.3, -0.25) is 10.1 Å². The highest BCUT2D eigenvalue weighted by Crippen LogP contribution is 2.24. The van der Waals surface area contributed by atoms with Crippen LogP contribution in [-0.2, 0) is 16.6 Å². The van der Waals surface area contributed by atoms with Gasteiger partial charge in [-0.2, -0.15) is 4.39 Å². The van der Waals surface area contributed by atoms with E-state index in [9.17, 15) is 22.9 Å². The van der Waals surface area contributed by atoms with Gasteiger partial charge in [0.15, 0.2) is 0 Å². The molecule has 0 radical (unpaired) electrons. The normalized spacial score (nSPS) is 11.5. The van der Waals surface area contributed by atoms with Crippen LogP contribution in [0.5, 0.6) is 0 Å². The van der Waals surface area contributed by atoms with Crippen LogP contribution < -0.4 is 4.72 Å². The predicted molar refractivity (Wildman–Crippen MR) is 79.1 cm³/mol. The summed E-state index contributed by atoms with van der Waals surface area (Å²) in [4.78, 5) is 10.1. The summed E-state index contributed by atoms with van der Waals surface area (Å²) in [6, 6.07) is 4.21. The van der Waals surface area contributed by atoms with Crippen molar-refractivity contribution in [1.82, 2.24) is 4.72 Å². The predicted octanol–water partition coefficient (Wildman–Crippen LogP) is 3.04. The molecule has 2 aromatic rings. The van der Waals surface area contributed by atoms with Crippen molar-refractivity contribution in [2.75, 3.05) is 0 Å². The minimum Gasteiger partial charge on any atom is -0.258 e. The number of hydrogen-bond donors (Lipinski definition) is 1. The molecule has 1 aromatic heterocycles. The number of sulfonamides is 1. The lowest BCUT2D eigenvalue weighted by molar-refractivity contribution is -0.387. The second-order valence-corrected chi connectivity index (χ2v) is 7.51. The Labute approximate surface area is 131 Å². The van der Waals surface area contributed by atoms with Gasteiger partial charge in [0.05, 0.1) is 9.82 Å². The first kappa shape index (κ1) is 16.0. The van der Waals surface area contributed by atoms with Crippen LogP contribution in [0.15, 0.2) is 39.0 Å². The van der Waals surface area contributed by atoms with Crippen LogP contribution in [0.4, 0.5) is 10.1 Å². The first-order valence-corrected chi connectivity index (χ1v) is 8.62. The minimum absolute atomic E-state index is 0.0335. The Balaban J connectivity index is 2.26. The molecule has 1 heterocycles. The third kappa shape index (κ3) is 3.64. The van der Waals surface area contributed by atoms with Gasteiger partial charge in [-0.15, -0.1) is 11.3 Å². The van der Waals surface area contributed by atoms with Gasteiger partial charge >= 0.3 is 5.69 Å². The monoisotopic (exact) mass is 394 g/mol. The van der Waals surface area contributed by atoms with Crippen LogP contribution in [0, 0.1) is 15.9 Å². The molecule has 10 heteroatoms. The van der Waals surface area contributed by atoms with Crippen molar-refractivity contribution in [2.45, 2.75) is 11.4 Å². The average molecular weight is 395 g/mol. The topological polar surface area (TPSA) is 89.3 Å². The third-order valence-corrected chi connectivity index (χ3v) is 5.86. The number of nitro benzene ring substituents is 1. The van der Waals surface area contributed by atoms with E-state index in [1.807, 2.05) is 0 Å². The molecule has 0 unspecified atom stereocenters. The first-order valence-electron chi connectivity index (χ1n) is 5.47. The number of nitrogens with zero attached hydrogens (tertiary/aromatic N) is 1. The standard InChI is InChI=1S/C11H8BrFN2O4S2/c12-8-3-4-20-11(8)6-14-21(18,19)7-1-2-9(13)10(5-7)15(16)17/h1-5,14H,6H2. The zero-order valence-electron chi connectivity index (χ0n) is 10.2. The third-order valence-electron chi connectivity index (χ3n) is 2.54. The summed E-state index contributed by atoms with van der Waals surface area (Å²) in [7, 11) is -3.96. The number of thiophene rings is 1. The molecular formula is C11H8BrFN2O4S2. The zero-order chi connectivity index (χ0) is 15.6. The summed E-state index contributed by atoms with van der Waals surface area (Å²) >= 11 is 4.62. The molecule has 2 rings (SSSR count). The van der Waals surface area contributed by atoms with Crippen molar-refractivity contribution in [1.29, 1.82) is 0 Å². The molecule has 0 atom stereocenters. The molecular weight excluding hydrogens is 387 g/mol. The smallest absolute Gasteiger partial charge is 0.258 e. The van der Waals surface area contributed by atoms with Crippen molar-refractivity contribution in [3.63, 3.8) is 0 Å². The van der Waals surface area contributed by atoms with E-state index in [-0.39, 0.29) is 11.4 Å². The van der Waals surface area contributed by atoms with Gasteiger partial charge in [0, 0.05) is 22.0 Å². The average Bonchev–Trinajstić information content (AvgIpc) is 2.82. The van der Waals surface area contributed by atoms with Crippen LogP contribution >= 0.6 is 27.3 Å². The lowest BCUT2D eigenvalue weighted by Gasteiger charge is -2.06. The molecule has 0 fully saturated rings. The number of halogens is 2. The quantitative estimate of drug-likeness (QED) is 0.623.